The van der Waals surface area contributed by atoms with E-state index in [-0.39, 0.29) is 23.4 Å². The van der Waals surface area contributed by atoms with E-state index in [0.29, 0.717) is 18.8 Å². The smallest absolute Gasteiger partial charge is 0.243 e. The number of fused-ring (bicyclic) bond motifs is 1. The molecule has 0 aromatic heterocycles. The summed E-state index contributed by atoms with van der Waals surface area (Å²) in [5, 5.41) is 2.87. The molecule has 1 aliphatic rings. The summed E-state index contributed by atoms with van der Waals surface area (Å²) in [7, 11) is -3.49. The first-order valence-electron chi connectivity index (χ1n) is 9.61. The van der Waals surface area contributed by atoms with Crippen LogP contribution in [-0.2, 0) is 21.2 Å². The zero-order valence-corrected chi connectivity index (χ0v) is 17.4. The molecule has 1 aliphatic heterocycles. The summed E-state index contributed by atoms with van der Waals surface area (Å²) in [4.78, 5) is 14.9. The molecule has 1 N–H and O–H groups in total. The normalized spacial score (nSPS) is 16.3. The van der Waals surface area contributed by atoms with Gasteiger partial charge < -0.3 is 10.2 Å². The van der Waals surface area contributed by atoms with Crippen LogP contribution in [0.1, 0.15) is 26.3 Å². The summed E-state index contributed by atoms with van der Waals surface area (Å²) in [5.74, 6) is -0.122. The minimum Gasteiger partial charge on any atom is -0.359 e. The summed E-state index contributed by atoms with van der Waals surface area (Å²) in [6.07, 6.45) is 0.932. The van der Waals surface area contributed by atoms with E-state index in [4.69, 9.17) is 0 Å². The van der Waals surface area contributed by atoms with Crippen LogP contribution in [0, 0.1) is 0 Å². The molecule has 6 nitrogen and oxygen atoms in total. The lowest BCUT2D eigenvalue weighted by molar-refractivity contribution is -0.115. The minimum atomic E-state index is -3.49. The molecular formula is C21H27N3O3S. The van der Waals surface area contributed by atoms with Crippen LogP contribution in [0.4, 0.5) is 11.4 Å². The number of para-hydroxylation sites is 1. The zero-order valence-electron chi connectivity index (χ0n) is 16.6. The molecule has 2 aromatic carbocycles. The monoisotopic (exact) mass is 401 g/mol. The number of anilines is 2. The number of hydrogen-bond acceptors (Lipinski definition) is 4. The molecule has 0 aliphatic carbocycles. The molecule has 150 valence electrons. The van der Waals surface area contributed by atoms with Crippen LogP contribution < -0.4 is 10.2 Å². The molecule has 1 unspecified atom stereocenters. The zero-order chi connectivity index (χ0) is 20.3. The van der Waals surface area contributed by atoms with Gasteiger partial charge in [0.1, 0.15) is 0 Å². The summed E-state index contributed by atoms with van der Waals surface area (Å²) in [6.45, 7) is 6.84. The molecule has 1 atom stereocenters. The Hall–Kier alpha value is -2.38. The van der Waals surface area contributed by atoms with Gasteiger partial charge >= 0.3 is 0 Å². The average molecular weight is 402 g/mol. The van der Waals surface area contributed by atoms with E-state index in [1.54, 1.807) is 12.1 Å². The highest BCUT2D eigenvalue weighted by atomic mass is 32.2. The highest BCUT2D eigenvalue weighted by molar-refractivity contribution is 7.89. The highest BCUT2D eigenvalue weighted by Gasteiger charge is 2.27. The summed E-state index contributed by atoms with van der Waals surface area (Å²) >= 11 is 0. The Labute approximate surface area is 167 Å². The highest BCUT2D eigenvalue weighted by Crippen LogP contribution is 2.31. The average Bonchev–Trinajstić information content (AvgIpc) is 2.98. The molecule has 3 rings (SSSR count). The summed E-state index contributed by atoms with van der Waals surface area (Å²) in [5.41, 5.74) is 2.95. The molecule has 0 saturated heterocycles. The van der Waals surface area contributed by atoms with E-state index in [1.165, 1.54) is 22.0 Å². The topological polar surface area (TPSA) is 69.7 Å². The third kappa shape index (κ3) is 4.05. The first-order chi connectivity index (χ1) is 13.4. The predicted octanol–water partition coefficient (Wildman–Crippen LogP) is 3.11. The lowest BCUT2D eigenvalue weighted by atomic mass is 10.1. The molecule has 0 fully saturated rings. The van der Waals surface area contributed by atoms with Crippen LogP contribution in [0.5, 0.6) is 0 Å². The number of rotatable bonds is 7. The number of hydrogen-bond donors (Lipinski definition) is 1. The van der Waals surface area contributed by atoms with Crippen molar-refractivity contribution >= 4 is 27.3 Å². The lowest BCUT2D eigenvalue weighted by Crippen LogP contribution is -2.37. The number of nitrogens with zero attached hydrogens (tertiary/aromatic N) is 2. The van der Waals surface area contributed by atoms with Crippen molar-refractivity contribution in [3.63, 3.8) is 0 Å². The van der Waals surface area contributed by atoms with E-state index in [1.807, 2.05) is 32.0 Å². The first-order valence-corrected chi connectivity index (χ1v) is 11.1. The van der Waals surface area contributed by atoms with E-state index in [9.17, 15) is 13.2 Å². The van der Waals surface area contributed by atoms with Crippen molar-refractivity contribution in [1.29, 1.82) is 0 Å². The van der Waals surface area contributed by atoms with Gasteiger partial charge in [0, 0.05) is 30.5 Å². The quantitative estimate of drug-likeness (QED) is 0.774. The summed E-state index contributed by atoms with van der Waals surface area (Å²) < 4.78 is 26.5. The van der Waals surface area contributed by atoms with Crippen LogP contribution in [0.3, 0.4) is 0 Å². The van der Waals surface area contributed by atoms with Gasteiger partial charge in [-0.3, -0.25) is 4.79 Å². The van der Waals surface area contributed by atoms with Crippen LogP contribution in [0.2, 0.25) is 0 Å². The maximum Gasteiger partial charge on any atom is 0.243 e. The van der Waals surface area contributed by atoms with E-state index >= 15 is 0 Å². The molecule has 0 saturated carbocycles. The van der Waals surface area contributed by atoms with E-state index in [0.717, 1.165) is 12.1 Å². The fourth-order valence-electron chi connectivity index (χ4n) is 3.65. The van der Waals surface area contributed by atoms with Crippen molar-refractivity contribution in [3.8, 4) is 0 Å². The van der Waals surface area contributed by atoms with Gasteiger partial charge in [-0.05, 0) is 49.2 Å². The van der Waals surface area contributed by atoms with Gasteiger partial charge in [0.25, 0.3) is 0 Å². The molecule has 7 heteroatoms. The number of nitrogens with one attached hydrogen (secondary N) is 1. The summed E-state index contributed by atoms with van der Waals surface area (Å²) in [6, 6.07) is 14.8. The van der Waals surface area contributed by atoms with E-state index < -0.39 is 10.0 Å². The van der Waals surface area contributed by atoms with Crippen molar-refractivity contribution in [3.05, 3.63) is 54.1 Å². The molecule has 2 aromatic rings. The Morgan fingerprint density at radius 1 is 1.11 bits per heavy atom. The van der Waals surface area contributed by atoms with Crippen LogP contribution in [0.25, 0.3) is 0 Å². The van der Waals surface area contributed by atoms with E-state index in [2.05, 4.69) is 23.2 Å². The van der Waals surface area contributed by atoms with Crippen molar-refractivity contribution in [1.82, 2.24) is 4.31 Å². The Balaban J connectivity index is 1.67. The van der Waals surface area contributed by atoms with Crippen molar-refractivity contribution < 1.29 is 13.2 Å². The molecule has 0 radical (unpaired) electrons. The van der Waals surface area contributed by atoms with Crippen molar-refractivity contribution in [2.24, 2.45) is 0 Å². The van der Waals surface area contributed by atoms with Gasteiger partial charge in [-0.25, -0.2) is 8.42 Å². The Morgan fingerprint density at radius 2 is 1.75 bits per heavy atom. The van der Waals surface area contributed by atoms with Crippen LogP contribution >= 0.6 is 0 Å². The Morgan fingerprint density at radius 3 is 2.39 bits per heavy atom. The van der Waals surface area contributed by atoms with Gasteiger partial charge in [0.05, 0.1) is 11.4 Å². The number of sulfonamides is 1. The molecule has 0 spiro atoms. The van der Waals surface area contributed by atoms with Crippen LogP contribution in [-0.4, -0.2) is 44.3 Å². The number of amides is 1. The van der Waals surface area contributed by atoms with Crippen molar-refractivity contribution in [2.45, 2.75) is 38.1 Å². The fraction of sp³-hybridized carbons (Fsp3) is 0.381. The molecular weight excluding hydrogens is 374 g/mol. The number of carbonyl (C=O) groups is 1. The lowest BCUT2D eigenvalue weighted by Gasteiger charge is -2.24. The van der Waals surface area contributed by atoms with Gasteiger partial charge in [0.15, 0.2) is 0 Å². The third-order valence-corrected chi connectivity index (χ3v) is 7.21. The maximum absolute atomic E-state index is 12.5. The maximum atomic E-state index is 12.5. The van der Waals surface area contributed by atoms with Gasteiger partial charge in [-0.15, -0.1) is 0 Å². The second kappa shape index (κ2) is 8.32. The largest absolute Gasteiger partial charge is 0.359 e. The molecule has 1 heterocycles. The molecule has 1 amide bonds. The number of carbonyl (C=O) groups excluding carboxylic acids is 1. The Kier molecular flexibility index (Phi) is 6.05. The second-order valence-electron chi connectivity index (χ2n) is 6.97. The van der Waals surface area contributed by atoms with Crippen molar-refractivity contribution in [2.75, 3.05) is 29.9 Å². The minimum absolute atomic E-state index is 0.122. The fourth-order valence-corrected chi connectivity index (χ4v) is 5.11. The third-order valence-electron chi connectivity index (χ3n) is 5.14. The van der Waals surface area contributed by atoms with Crippen LogP contribution in [0.15, 0.2) is 53.4 Å². The van der Waals surface area contributed by atoms with Gasteiger partial charge in [0.2, 0.25) is 15.9 Å². The standard InChI is InChI=1S/C21H27N3O3S/c1-4-23(5-2)28(26,27)19-12-10-18(11-13-19)22-21(25)15-24-16(3)14-17-8-6-7-9-20(17)24/h6-13,16H,4-5,14-15H2,1-3H3,(H,22,25). The Bertz CT molecular complexity index is 938. The molecule has 0 bridgehead atoms. The predicted molar refractivity (Wildman–Crippen MR) is 112 cm³/mol. The molecule has 28 heavy (non-hydrogen) atoms. The SMILES string of the molecule is CCN(CC)S(=O)(=O)c1ccc(NC(=O)CN2c3ccccc3CC2C)cc1. The second-order valence-corrected chi connectivity index (χ2v) is 8.91. The van der Waals surface area contributed by atoms with Gasteiger partial charge in [-0.1, -0.05) is 32.0 Å². The first kappa shape index (κ1) is 20.4. The number of benzene rings is 2. The van der Waals surface area contributed by atoms with Gasteiger partial charge in [-0.2, -0.15) is 4.31 Å².